The van der Waals surface area contributed by atoms with Crippen molar-refractivity contribution < 1.29 is 27.5 Å². The molecular weight excluding hydrogens is 321 g/mol. The van der Waals surface area contributed by atoms with Crippen molar-refractivity contribution >= 4 is 29.0 Å². The van der Waals surface area contributed by atoms with Gasteiger partial charge in [-0.2, -0.15) is 13.2 Å². The molecule has 0 saturated heterocycles. The molecule has 0 aromatic carbocycles. The Balaban J connectivity index is 2.49. The van der Waals surface area contributed by atoms with E-state index >= 15 is 0 Å². The van der Waals surface area contributed by atoms with E-state index in [1.807, 2.05) is 0 Å². The highest BCUT2D eigenvalue weighted by Gasteiger charge is 2.42. The molecular formula is C13H11F3N2O3S. The first kappa shape index (κ1) is 16.3. The quantitative estimate of drug-likeness (QED) is 0.489. The molecule has 0 amide bonds. The van der Waals surface area contributed by atoms with Crippen molar-refractivity contribution in [2.24, 2.45) is 0 Å². The largest absolute Gasteiger partial charge is 0.468 e. The van der Waals surface area contributed by atoms with Gasteiger partial charge < -0.3 is 4.74 Å². The van der Waals surface area contributed by atoms with E-state index in [0.29, 0.717) is 0 Å². The highest BCUT2D eigenvalue weighted by Crippen LogP contribution is 2.29. The number of ether oxygens (including phenoxy) is 1. The Morgan fingerprint density at radius 1 is 1.36 bits per heavy atom. The number of thioether (sulfide) groups is 1. The Hall–Kier alpha value is -2.03. The predicted octanol–water partition coefficient (Wildman–Crippen LogP) is 2.73. The van der Waals surface area contributed by atoms with Gasteiger partial charge in [-0.15, -0.1) is 0 Å². The fraction of sp³-hybridized carbons (Fsp3) is 0.308. The van der Waals surface area contributed by atoms with Crippen molar-refractivity contribution in [3.63, 3.8) is 0 Å². The molecule has 9 heteroatoms. The van der Waals surface area contributed by atoms with Crippen LogP contribution in [0.2, 0.25) is 0 Å². The number of methoxy groups -OCH3 is 1. The molecule has 2 rings (SSSR count). The third kappa shape index (κ3) is 3.08. The van der Waals surface area contributed by atoms with E-state index in [9.17, 15) is 22.8 Å². The van der Waals surface area contributed by atoms with Crippen LogP contribution in [-0.4, -0.2) is 39.7 Å². The average molecular weight is 332 g/mol. The number of rotatable bonds is 4. The molecule has 5 nitrogen and oxygen atoms in total. The van der Waals surface area contributed by atoms with Gasteiger partial charge in [-0.05, 0) is 19.1 Å². The molecule has 0 radical (unpaired) electrons. The first-order chi connectivity index (χ1) is 10.3. The van der Waals surface area contributed by atoms with Crippen molar-refractivity contribution in [2.45, 2.75) is 23.5 Å². The van der Waals surface area contributed by atoms with Crippen LogP contribution in [0.1, 0.15) is 17.4 Å². The first-order valence-corrected chi connectivity index (χ1v) is 6.96. The van der Waals surface area contributed by atoms with Crippen molar-refractivity contribution in [1.82, 2.24) is 9.38 Å². The molecule has 2 aromatic rings. The highest BCUT2D eigenvalue weighted by molar-refractivity contribution is 8.00. The number of aromatic nitrogens is 2. The normalized spacial score (nSPS) is 13.1. The number of carbonyl (C=O) groups excluding carboxylic acids is 2. The number of fused-ring (bicyclic) bond motifs is 1. The van der Waals surface area contributed by atoms with Crippen LogP contribution in [0.15, 0.2) is 29.6 Å². The van der Waals surface area contributed by atoms with Gasteiger partial charge in [-0.3, -0.25) is 14.0 Å². The van der Waals surface area contributed by atoms with Crippen LogP contribution in [0, 0.1) is 0 Å². The Morgan fingerprint density at radius 2 is 2.05 bits per heavy atom. The van der Waals surface area contributed by atoms with Crippen LogP contribution in [0.3, 0.4) is 0 Å². The topological polar surface area (TPSA) is 60.7 Å². The van der Waals surface area contributed by atoms with E-state index in [0.717, 1.165) is 11.8 Å². The highest BCUT2D eigenvalue weighted by atomic mass is 32.2. The van der Waals surface area contributed by atoms with Gasteiger partial charge in [0.2, 0.25) is 0 Å². The van der Waals surface area contributed by atoms with Crippen molar-refractivity contribution in [3.05, 3.63) is 30.1 Å². The summed E-state index contributed by atoms with van der Waals surface area (Å²) in [6, 6.07) is 4.45. The molecule has 0 fully saturated rings. The monoisotopic (exact) mass is 332 g/mol. The van der Waals surface area contributed by atoms with Crippen LogP contribution in [0.4, 0.5) is 13.2 Å². The summed E-state index contributed by atoms with van der Waals surface area (Å²) < 4.78 is 43.8. The number of nitrogens with zero attached hydrogens (tertiary/aromatic N) is 2. The van der Waals surface area contributed by atoms with Crippen LogP contribution >= 0.6 is 11.8 Å². The molecule has 0 saturated carbocycles. The van der Waals surface area contributed by atoms with Gasteiger partial charge in [0.25, 0.3) is 5.78 Å². The smallest absolute Gasteiger partial charge is 0.456 e. The summed E-state index contributed by atoms with van der Waals surface area (Å²) in [6.07, 6.45) is -3.54. The molecule has 0 aliphatic rings. The van der Waals surface area contributed by atoms with E-state index in [-0.39, 0.29) is 10.7 Å². The third-order valence-electron chi connectivity index (χ3n) is 2.80. The second kappa shape index (κ2) is 5.99. The van der Waals surface area contributed by atoms with E-state index in [2.05, 4.69) is 9.72 Å². The number of ketones is 1. The third-order valence-corrected chi connectivity index (χ3v) is 3.85. The lowest BCUT2D eigenvalue weighted by Gasteiger charge is -2.07. The molecule has 0 bridgehead atoms. The predicted molar refractivity (Wildman–Crippen MR) is 72.9 cm³/mol. The van der Waals surface area contributed by atoms with Crippen molar-refractivity contribution in [3.8, 4) is 0 Å². The Labute approximate surface area is 127 Å². The zero-order valence-electron chi connectivity index (χ0n) is 11.5. The zero-order chi connectivity index (χ0) is 16.5. The van der Waals surface area contributed by atoms with Crippen LogP contribution in [0.25, 0.3) is 5.52 Å². The van der Waals surface area contributed by atoms with E-state index in [4.69, 9.17) is 0 Å². The van der Waals surface area contributed by atoms with Gasteiger partial charge in [0.05, 0.1) is 12.6 Å². The van der Waals surface area contributed by atoms with Crippen molar-refractivity contribution in [2.75, 3.05) is 7.11 Å². The summed E-state index contributed by atoms with van der Waals surface area (Å²) >= 11 is 0.912. The molecule has 2 aromatic heterocycles. The summed E-state index contributed by atoms with van der Waals surface area (Å²) in [4.78, 5) is 26.7. The average Bonchev–Trinajstić information content (AvgIpc) is 2.83. The van der Waals surface area contributed by atoms with Crippen LogP contribution in [0.5, 0.6) is 0 Å². The Bertz CT molecular complexity index is 727. The van der Waals surface area contributed by atoms with Gasteiger partial charge in [-0.25, -0.2) is 4.98 Å². The van der Waals surface area contributed by atoms with Crippen LogP contribution < -0.4 is 0 Å². The fourth-order valence-electron chi connectivity index (χ4n) is 1.77. The number of esters is 1. The van der Waals surface area contributed by atoms with Gasteiger partial charge in [0.1, 0.15) is 10.9 Å². The number of hydrogen-bond donors (Lipinski definition) is 0. The maximum absolute atomic E-state index is 12.6. The molecule has 118 valence electrons. The lowest BCUT2D eigenvalue weighted by molar-refractivity contribution is -0.139. The number of Topliss-reactive ketones (excluding diaryl/α,β-unsaturated/α-hetero) is 1. The van der Waals surface area contributed by atoms with E-state index in [1.54, 1.807) is 6.07 Å². The van der Waals surface area contributed by atoms with Crippen molar-refractivity contribution in [1.29, 1.82) is 0 Å². The second-order valence-corrected chi connectivity index (χ2v) is 5.62. The Kier molecular flexibility index (Phi) is 4.45. The molecule has 0 aliphatic heterocycles. The van der Waals surface area contributed by atoms with Crippen LogP contribution in [-0.2, 0) is 9.53 Å². The standard InChI is InChI=1S/C13H11F3N2O3S/c1-7(11(20)21-2)22-12-17-9(10(19)13(14,15)16)8-5-3-4-6-18(8)12/h3-7H,1-2H3/t7-/m1/s1. The first-order valence-electron chi connectivity index (χ1n) is 6.08. The number of alkyl halides is 3. The maximum atomic E-state index is 12.6. The summed E-state index contributed by atoms with van der Waals surface area (Å²) in [7, 11) is 1.21. The number of halogens is 3. The minimum atomic E-state index is -5.01. The van der Waals surface area contributed by atoms with E-state index < -0.39 is 28.9 Å². The fourth-order valence-corrected chi connectivity index (χ4v) is 2.69. The molecule has 0 unspecified atom stereocenters. The summed E-state index contributed by atoms with van der Waals surface area (Å²) in [6.45, 7) is 1.53. The molecule has 0 aliphatic carbocycles. The number of pyridine rings is 1. The van der Waals surface area contributed by atoms with Gasteiger partial charge >= 0.3 is 12.1 Å². The van der Waals surface area contributed by atoms with Gasteiger partial charge in [0.15, 0.2) is 5.16 Å². The number of carbonyl (C=O) groups is 2. The van der Waals surface area contributed by atoms with Gasteiger partial charge in [0, 0.05) is 6.20 Å². The number of hydrogen-bond acceptors (Lipinski definition) is 5. The maximum Gasteiger partial charge on any atom is 0.456 e. The molecule has 22 heavy (non-hydrogen) atoms. The SMILES string of the molecule is COC(=O)[C@@H](C)Sc1nc(C(=O)C(F)(F)F)c2ccccn12. The second-order valence-electron chi connectivity index (χ2n) is 4.31. The Morgan fingerprint density at radius 3 is 2.64 bits per heavy atom. The summed E-state index contributed by atoms with van der Waals surface area (Å²) in [5.74, 6) is -2.56. The molecule has 0 N–H and O–H groups in total. The number of imidazole rings is 1. The molecule has 2 heterocycles. The lowest BCUT2D eigenvalue weighted by Crippen LogP contribution is -2.23. The van der Waals surface area contributed by atoms with Gasteiger partial charge in [-0.1, -0.05) is 17.8 Å². The lowest BCUT2D eigenvalue weighted by atomic mass is 10.2. The molecule has 0 spiro atoms. The zero-order valence-corrected chi connectivity index (χ0v) is 12.4. The molecule has 1 atom stereocenters. The minimum Gasteiger partial charge on any atom is -0.468 e. The summed E-state index contributed by atoms with van der Waals surface area (Å²) in [5, 5.41) is -0.564. The van der Waals surface area contributed by atoms with E-state index in [1.165, 1.54) is 36.8 Å². The minimum absolute atomic E-state index is 0.0318. The summed E-state index contributed by atoms with van der Waals surface area (Å²) in [5.41, 5.74) is -0.656.